The number of likely N-dealkylation sites (N-methyl/N-ethyl adjacent to an activating group) is 1. The molecule has 2 heterocycles. The average molecular weight is 225 g/mol. The Labute approximate surface area is 95.6 Å². The van der Waals surface area contributed by atoms with Crippen molar-refractivity contribution >= 4 is 11.9 Å². The molecule has 2 rings (SSSR count). The van der Waals surface area contributed by atoms with E-state index in [9.17, 15) is 9.59 Å². The first-order valence-electron chi connectivity index (χ1n) is 5.79. The average Bonchev–Trinajstić information content (AvgIpc) is 2.45. The van der Waals surface area contributed by atoms with Gasteiger partial charge in [-0.25, -0.2) is 4.79 Å². The topological polar surface area (TPSA) is 61.4 Å². The first-order valence-corrected chi connectivity index (χ1v) is 5.79. The smallest absolute Gasteiger partial charge is 0.322 e. The van der Waals surface area contributed by atoms with Gasteiger partial charge in [-0.1, -0.05) is 13.8 Å². The van der Waals surface area contributed by atoms with Crippen LogP contribution in [0.25, 0.3) is 0 Å². The number of nitrogens with zero attached hydrogens (tertiary/aromatic N) is 1. The lowest BCUT2D eigenvalue weighted by Crippen LogP contribution is -2.65. The zero-order chi connectivity index (χ0) is 12.0. The highest BCUT2D eigenvalue weighted by molar-refractivity contribution is 6.07. The van der Waals surface area contributed by atoms with Gasteiger partial charge in [0.25, 0.3) is 5.91 Å². The van der Waals surface area contributed by atoms with E-state index in [1.54, 1.807) is 0 Å². The van der Waals surface area contributed by atoms with Crippen LogP contribution in [0.2, 0.25) is 0 Å². The molecule has 2 N–H and O–H groups in total. The second-order valence-electron chi connectivity index (χ2n) is 5.20. The van der Waals surface area contributed by atoms with Crippen LogP contribution in [0.4, 0.5) is 4.79 Å². The Hall–Kier alpha value is -1.10. The Morgan fingerprint density at radius 1 is 1.38 bits per heavy atom. The van der Waals surface area contributed by atoms with E-state index in [1.807, 2.05) is 20.8 Å². The number of hydrogen-bond donors (Lipinski definition) is 2. The van der Waals surface area contributed by atoms with Crippen LogP contribution < -0.4 is 10.6 Å². The van der Waals surface area contributed by atoms with Gasteiger partial charge in [-0.3, -0.25) is 9.69 Å². The van der Waals surface area contributed by atoms with Gasteiger partial charge in [0.2, 0.25) is 0 Å². The van der Waals surface area contributed by atoms with Crippen molar-refractivity contribution in [1.82, 2.24) is 15.5 Å². The van der Waals surface area contributed by atoms with Crippen molar-refractivity contribution < 1.29 is 9.59 Å². The Bertz CT molecular complexity index is 340. The predicted octanol–water partition coefficient (Wildman–Crippen LogP) is 0.316. The molecule has 1 spiro atoms. The minimum absolute atomic E-state index is 0.0634. The number of imide groups is 1. The Balaban J connectivity index is 2.38. The van der Waals surface area contributed by atoms with Gasteiger partial charge in [0.1, 0.15) is 5.54 Å². The molecular weight excluding hydrogens is 206 g/mol. The second kappa shape index (κ2) is 3.45. The van der Waals surface area contributed by atoms with Gasteiger partial charge in [-0.05, 0) is 19.9 Å². The summed E-state index contributed by atoms with van der Waals surface area (Å²) in [5, 5.41) is 6.18. The fourth-order valence-electron chi connectivity index (χ4n) is 2.71. The molecule has 2 aliphatic heterocycles. The second-order valence-corrected chi connectivity index (χ2v) is 5.20. The fourth-order valence-corrected chi connectivity index (χ4v) is 2.71. The van der Waals surface area contributed by atoms with Gasteiger partial charge in [0.05, 0.1) is 0 Å². The largest absolute Gasteiger partial charge is 0.325 e. The molecule has 0 aromatic rings. The summed E-state index contributed by atoms with van der Waals surface area (Å²) in [6.45, 7) is 7.83. The monoisotopic (exact) mass is 225 g/mol. The number of hydrogen-bond acceptors (Lipinski definition) is 3. The third kappa shape index (κ3) is 1.27. The van der Waals surface area contributed by atoms with E-state index in [0.29, 0.717) is 13.0 Å². The lowest BCUT2D eigenvalue weighted by molar-refractivity contribution is -0.136. The number of carbonyl (C=O) groups excluding carboxylic acids is 2. The van der Waals surface area contributed by atoms with Crippen molar-refractivity contribution in [2.75, 3.05) is 19.6 Å². The van der Waals surface area contributed by atoms with E-state index in [1.165, 1.54) is 4.90 Å². The summed E-state index contributed by atoms with van der Waals surface area (Å²) < 4.78 is 0. The molecule has 5 heteroatoms. The summed E-state index contributed by atoms with van der Waals surface area (Å²) in [4.78, 5) is 25.4. The summed E-state index contributed by atoms with van der Waals surface area (Å²) in [7, 11) is 0. The number of rotatable bonds is 1. The summed E-state index contributed by atoms with van der Waals surface area (Å²) >= 11 is 0. The van der Waals surface area contributed by atoms with Crippen LogP contribution in [-0.4, -0.2) is 42.0 Å². The lowest BCUT2D eigenvalue weighted by Gasteiger charge is -2.45. The molecule has 2 fully saturated rings. The van der Waals surface area contributed by atoms with Crippen LogP contribution in [0.15, 0.2) is 0 Å². The molecule has 3 amide bonds. The number of nitrogens with one attached hydrogen (secondary N) is 2. The van der Waals surface area contributed by atoms with E-state index in [2.05, 4.69) is 10.6 Å². The van der Waals surface area contributed by atoms with Crippen LogP contribution in [0, 0.1) is 5.41 Å². The third-order valence-corrected chi connectivity index (χ3v) is 3.89. The van der Waals surface area contributed by atoms with Crippen molar-refractivity contribution in [3.8, 4) is 0 Å². The zero-order valence-electron chi connectivity index (χ0n) is 10.1. The molecule has 90 valence electrons. The molecule has 16 heavy (non-hydrogen) atoms. The molecular formula is C11H19N3O2. The fraction of sp³-hybridized carbons (Fsp3) is 0.818. The van der Waals surface area contributed by atoms with Crippen LogP contribution in [-0.2, 0) is 4.79 Å². The van der Waals surface area contributed by atoms with Crippen LogP contribution in [0.3, 0.4) is 0 Å². The number of urea groups is 1. The van der Waals surface area contributed by atoms with E-state index in [-0.39, 0.29) is 17.4 Å². The van der Waals surface area contributed by atoms with E-state index in [0.717, 1.165) is 13.1 Å². The van der Waals surface area contributed by atoms with Gasteiger partial charge < -0.3 is 10.6 Å². The zero-order valence-corrected chi connectivity index (χ0v) is 10.1. The molecule has 0 aromatic heterocycles. The summed E-state index contributed by atoms with van der Waals surface area (Å²) in [6, 6.07) is -0.248. The normalized spacial score (nSPS) is 33.3. The van der Waals surface area contributed by atoms with Crippen molar-refractivity contribution in [1.29, 1.82) is 0 Å². The molecule has 1 atom stereocenters. The molecule has 0 aromatic carbocycles. The molecule has 2 aliphatic rings. The number of amides is 3. The van der Waals surface area contributed by atoms with Crippen LogP contribution >= 0.6 is 0 Å². The Morgan fingerprint density at radius 2 is 2.06 bits per heavy atom. The Morgan fingerprint density at radius 3 is 2.56 bits per heavy atom. The maximum Gasteiger partial charge on any atom is 0.325 e. The summed E-state index contributed by atoms with van der Waals surface area (Å²) in [5.74, 6) is -0.0634. The van der Waals surface area contributed by atoms with E-state index >= 15 is 0 Å². The summed E-state index contributed by atoms with van der Waals surface area (Å²) in [6.07, 6.45) is 0.668. The molecule has 1 unspecified atom stereocenters. The minimum Gasteiger partial charge on any atom is -0.322 e. The maximum atomic E-state index is 12.4. The third-order valence-electron chi connectivity index (χ3n) is 3.89. The van der Waals surface area contributed by atoms with Gasteiger partial charge in [-0.2, -0.15) is 0 Å². The Kier molecular flexibility index (Phi) is 2.45. The predicted molar refractivity (Wildman–Crippen MR) is 59.9 cm³/mol. The minimum atomic E-state index is -0.703. The molecule has 5 nitrogen and oxygen atoms in total. The van der Waals surface area contributed by atoms with Crippen LogP contribution in [0.5, 0.6) is 0 Å². The number of piperidine rings is 1. The standard InChI is InChI=1S/C11H19N3O2/c1-4-14-8(15)11(13-9(14)16)5-6-12-7-10(11,2)3/h12H,4-7H2,1-3H3,(H,13,16). The SMILES string of the molecule is CCN1C(=O)NC2(CCNCC2(C)C)C1=O. The molecule has 0 radical (unpaired) electrons. The molecule has 0 bridgehead atoms. The summed E-state index contributed by atoms with van der Waals surface area (Å²) in [5.41, 5.74) is -0.951. The molecule has 0 aliphatic carbocycles. The molecule has 2 saturated heterocycles. The van der Waals surface area contributed by atoms with Gasteiger partial charge >= 0.3 is 6.03 Å². The van der Waals surface area contributed by atoms with Gasteiger partial charge in [-0.15, -0.1) is 0 Å². The highest BCUT2D eigenvalue weighted by atomic mass is 16.2. The quantitative estimate of drug-likeness (QED) is 0.632. The molecule has 0 saturated carbocycles. The lowest BCUT2D eigenvalue weighted by atomic mass is 9.68. The van der Waals surface area contributed by atoms with Crippen molar-refractivity contribution in [2.24, 2.45) is 5.41 Å². The number of carbonyl (C=O) groups is 2. The highest BCUT2D eigenvalue weighted by Crippen LogP contribution is 2.40. The van der Waals surface area contributed by atoms with Crippen molar-refractivity contribution in [3.63, 3.8) is 0 Å². The first-order chi connectivity index (χ1) is 7.44. The highest BCUT2D eigenvalue weighted by Gasteiger charge is 2.59. The van der Waals surface area contributed by atoms with Crippen molar-refractivity contribution in [2.45, 2.75) is 32.7 Å². The van der Waals surface area contributed by atoms with Gasteiger partial charge in [0.15, 0.2) is 0 Å². The maximum absolute atomic E-state index is 12.4. The first kappa shape index (κ1) is 11.4. The van der Waals surface area contributed by atoms with Crippen LogP contribution in [0.1, 0.15) is 27.2 Å². The van der Waals surface area contributed by atoms with E-state index < -0.39 is 5.54 Å². The van der Waals surface area contributed by atoms with Gasteiger partial charge in [0, 0.05) is 18.5 Å². The van der Waals surface area contributed by atoms with Crippen molar-refractivity contribution in [3.05, 3.63) is 0 Å². The van der Waals surface area contributed by atoms with E-state index in [4.69, 9.17) is 0 Å².